The SMILES string of the molecule is O=P(c1ccccc1)(c1ccccc1)c1ccc(C2(c3ccc4c(c3)c3ccccc3n4-c3cccnc3)c3ccccc3-c3ccccc32)cc1. The average molecular weight is 685 g/mol. The maximum Gasteiger partial charge on any atom is 0.171 e. The molecule has 2 aromatic heterocycles. The van der Waals surface area contributed by atoms with Gasteiger partial charge in [0, 0.05) is 32.9 Å². The van der Waals surface area contributed by atoms with Crippen LogP contribution < -0.4 is 15.9 Å². The molecule has 0 N–H and O–H groups in total. The fraction of sp³-hybridized carbons (Fsp3) is 0.0208. The molecule has 9 aromatic rings. The van der Waals surface area contributed by atoms with E-state index in [1.807, 2.05) is 79.1 Å². The lowest BCUT2D eigenvalue weighted by molar-refractivity contribution is 0.592. The van der Waals surface area contributed by atoms with Crippen molar-refractivity contribution >= 4 is 44.9 Å². The van der Waals surface area contributed by atoms with Crippen LogP contribution in [0.5, 0.6) is 0 Å². The Labute approximate surface area is 302 Å². The molecule has 0 radical (unpaired) electrons. The number of rotatable bonds is 6. The van der Waals surface area contributed by atoms with Crippen LogP contribution in [0.2, 0.25) is 0 Å². The topological polar surface area (TPSA) is 34.9 Å². The summed E-state index contributed by atoms with van der Waals surface area (Å²) in [6.07, 6.45) is 3.74. The van der Waals surface area contributed by atoms with E-state index in [4.69, 9.17) is 0 Å². The van der Waals surface area contributed by atoms with E-state index in [0.717, 1.165) is 38.2 Å². The van der Waals surface area contributed by atoms with Crippen LogP contribution >= 0.6 is 7.14 Å². The van der Waals surface area contributed by atoms with Crippen LogP contribution in [0, 0.1) is 0 Å². The maximum absolute atomic E-state index is 15.4. The van der Waals surface area contributed by atoms with Gasteiger partial charge in [0.05, 0.1) is 28.3 Å². The molecule has 4 heteroatoms. The Bertz CT molecular complexity index is 2720. The Kier molecular flexibility index (Phi) is 6.99. The number of aromatic nitrogens is 2. The van der Waals surface area contributed by atoms with Crippen molar-refractivity contribution in [3.63, 3.8) is 0 Å². The first-order valence-corrected chi connectivity index (χ1v) is 19.4. The second-order valence-electron chi connectivity index (χ2n) is 13.5. The van der Waals surface area contributed by atoms with Crippen molar-refractivity contribution in [2.24, 2.45) is 0 Å². The van der Waals surface area contributed by atoms with Gasteiger partial charge in [-0.3, -0.25) is 4.98 Å². The highest BCUT2D eigenvalue weighted by Crippen LogP contribution is 2.56. The van der Waals surface area contributed by atoms with E-state index in [2.05, 4.69) is 131 Å². The van der Waals surface area contributed by atoms with E-state index >= 15 is 4.57 Å². The summed E-state index contributed by atoms with van der Waals surface area (Å²) in [6.45, 7) is 0. The number of fused-ring (bicyclic) bond motifs is 6. The lowest BCUT2D eigenvalue weighted by atomic mass is 9.67. The van der Waals surface area contributed by atoms with Crippen molar-refractivity contribution in [2.45, 2.75) is 5.41 Å². The van der Waals surface area contributed by atoms with Crippen molar-refractivity contribution in [1.29, 1.82) is 0 Å². The lowest BCUT2D eigenvalue weighted by Gasteiger charge is -2.34. The van der Waals surface area contributed by atoms with Crippen molar-refractivity contribution in [2.75, 3.05) is 0 Å². The predicted octanol–water partition coefficient (Wildman–Crippen LogP) is 10.2. The van der Waals surface area contributed by atoms with Crippen LogP contribution in [0.1, 0.15) is 22.3 Å². The first-order chi connectivity index (χ1) is 25.7. The zero-order valence-electron chi connectivity index (χ0n) is 28.3. The second kappa shape index (κ2) is 11.9. The fourth-order valence-corrected chi connectivity index (χ4v) is 11.3. The molecule has 1 aliphatic carbocycles. The molecule has 0 saturated heterocycles. The van der Waals surface area contributed by atoms with Crippen molar-refractivity contribution in [1.82, 2.24) is 9.55 Å². The first kappa shape index (κ1) is 30.5. The molecule has 0 fully saturated rings. The van der Waals surface area contributed by atoms with Gasteiger partial charge in [0.25, 0.3) is 0 Å². The van der Waals surface area contributed by atoms with Crippen LogP contribution in [0.4, 0.5) is 0 Å². The largest absolute Gasteiger partial charge is 0.309 e. The quantitative estimate of drug-likeness (QED) is 0.164. The van der Waals surface area contributed by atoms with Gasteiger partial charge in [0.2, 0.25) is 0 Å². The Balaban J connectivity index is 1.25. The smallest absolute Gasteiger partial charge is 0.171 e. The highest BCUT2D eigenvalue weighted by Gasteiger charge is 2.46. The summed E-state index contributed by atoms with van der Waals surface area (Å²) in [5.41, 5.74) is 9.98. The Morgan fingerprint density at radius 1 is 0.462 bits per heavy atom. The first-order valence-electron chi connectivity index (χ1n) is 17.6. The summed E-state index contributed by atoms with van der Waals surface area (Å²) in [7, 11) is -3.15. The average Bonchev–Trinajstić information content (AvgIpc) is 3.72. The van der Waals surface area contributed by atoms with E-state index in [9.17, 15) is 0 Å². The molecule has 0 atom stereocenters. The van der Waals surface area contributed by atoms with Gasteiger partial charge in [-0.05, 0) is 63.7 Å². The third-order valence-corrected chi connectivity index (χ3v) is 13.9. The van der Waals surface area contributed by atoms with Crippen LogP contribution in [0.15, 0.2) is 200 Å². The molecule has 0 unspecified atom stereocenters. The summed E-state index contributed by atoms with van der Waals surface area (Å²) in [5.74, 6) is 0. The molecule has 52 heavy (non-hydrogen) atoms. The fourth-order valence-electron chi connectivity index (χ4n) is 8.64. The minimum atomic E-state index is -3.15. The molecule has 0 saturated carbocycles. The normalized spacial score (nSPS) is 13.2. The molecule has 1 aliphatic rings. The van der Waals surface area contributed by atoms with Crippen molar-refractivity contribution in [3.05, 3.63) is 223 Å². The number of para-hydroxylation sites is 1. The zero-order valence-corrected chi connectivity index (χ0v) is 29.2. The third kappa shape index (κ3) is 4.33. The summed E-state index contributed by atoms with van der Waals surface area (Å²) in [5, 5.41) is 4.86. The Morgan fingerprint density at radius 2 is 1.00 bits per heavy atom. The molecular weight excluding hydrogens is 652 g/mol. The second-order valence-corrected chi connectivity index (χ2v) is 16.2. The minimum absolute atomic E-state index is 0.610. The number of pyridine rings is 1. The van der Waals surface area contributed by atoms with Gasteiger partial charge >= 0.3 is 0 Å². The highest BCUT2D eigenvalue weighted by atomic mass is 31.2. The predicted molar refractivity (Wildman–Crippen MR) is 215 cm³/mol. The van der Waals surface area contributed by atoms with E-state index in [-0.39, 0.29) is 0 Å². The van der Waals surface area contributed by atoms with Crippen molar-refractivity contribution < 1.29 is 4.57 Å². The highest BCUT2D eigenvalue weighted by molar-refractivity contribution is 7.85. The van der Waals surface area contributed by atoms with Gasteiger partial charge in [-0.25, -0.2) is 0 Å². The molecule has 0 amide bonds. The summed E-state index contributed by atoms with van der Waals surface area (Å²) >= 11 is 0. The third-order valence-electron chi connectivity index (χ3n) is 10.9. The van der Waals surface area contributed by atoms with Gasteiger partial charge in [0.15, 0.2) is 7.14 Å². The lowest BCUT2D eigenvalue weighted by Crippen LogP contribution is -2.30. The molecule has 0 spiro atoms. The zero-order chi connectivity index (χ0) is 34.7. The summed E-state index contributed by atoms with van der Waals surface area (Å²) < 4.78 is 17.7. The van der Waals surface area contributed by atoms with Gasteiger partial charge in [-0.1, -0.05) is 158 Å². The van der Waals surface area contributed by atoms with Crippen molar-refractivity contribution in [3.8, 4) is 16.8 Å². The van der Waals surface area contributed by atoms with Gasteiger partial charge < -0.3 is 9.13 Å². The minimum Gasteiger partial charge on any atom is -0.309 e. The van der Waals surface area contributed by atoms with Crippen LogP contribution in [-0.4, -0.2) is 9.55 Å². The molecule has 10 rings (SSSR count). The molecule has 246 valence electrons. The van der Waals surface area contributed by atoms with Crippen LogP contribution in [0.3, 0.4) is 0 Å². The van der Waals surface area contributed by atoms with Gasteiger partial charge in [-0.15, -0.1) is 0 Å². The summed E-state index contributed by atoms with van der Waals surface area (Å²) in [6, 6.07) is 65.8. The Morgan fingerprint density at radius 3 is 1.63 bits per heavy atom. The number of hydrogen-bond acceptors (Lipinski definition) is 2. The number of nitrogens with zero attached hydrogens (tertiary/aromatic N) is 2. The molecule has 0 bridgehead atoms. The van der Waals surface area contributed by atoms with Gasteiger partial charge in [-0.2, -0.15) is 0 Å². The van der Waals surface area contributed by atoms with Crippen LogP contribution in [0.25, 0.3) is 38.6 Å². The summed E-state index contributed by atoms with van der Waals surface area (Å²) in [4.78, 5) is 4.46. The van der Waals surface area contributed by atoms with E-state index < -0.39 is 12.6 Å². The molecular formula is C48H33N2OP. The molecule has 0 aliphatic heterocycles. The van der Waals surface area contributed by atoms with E-state index in [0.29, 0.717) is 0 Å². The van der Waals surface area contributed by atoms with E-state index in [1.165, 1.54) is 38.6 Å². The molecule has 3 nitrogen and oxygen atoms in total. The monoisotopic (exact) mass is 684 g/mol. The number of benzene rings is 7. The molecule has 7 aromatic carbocycles. The van der Waals surface area contributed by atoms with E-state index in [1.54, 1.807) is 0 Å². The maximum atomic E-state index is 15.4. The Hall–Kier alpha value is -6.28. The van der Waals surface area contributed by atoms with Gasteiger partial charge in [0.1, 0.15) is 0 Å². The molecule has 2 heterocycles. The van der Waals surface area contributed by atoms with Crippen LogP contribution in [-0.2, 0) is 9.98 Å². The number of hydrogen-bond donors (Lipinski definition) is 0. The standard InChI is InChI=1S/C48H33N2OP/c51-52(37-15-3-1-4-16-37,38-17-5-2-6-18-38)39-28-25-34(26-29-39)48(44-22-10-7-19-40(44)41-20-8-11-23-45(41)48)35-27-30-47-43(32-35)42-21-9-12-24-46(42)50(47)36-14-13-31-49-33-36/h1-33H.